The highest BCUT2D eigenvalue weighted by atomic mass is 16.7. The maximum absolute atomic E-state index is 12.8. The summed E-state index contributed by atoms with van der Waals surface area (Å²) < 4.78 is 10.9. The molecule has 25 heavy (non-hydrogen) atoms. The number of amides is 1. The van der Waals surface area contributed by atoms with E-state index in [1.807, 2.05) is 48.2 Å². The largest absolute Gasteiger partial charge is 0.454 e. The van der Waals surface area contributed by atoms with Crippen LogP contribution >= 0.6 is 0 Å². The van der Waals surface area contributed by atoms with E-state index in [1.165, 1.54) is 5.56 Å². The van der Waals surface area contributed by atoms with Crippen LogP contribution in [0.25, 0.3) is 0 Å². The van der Waals surface area contributed by atoms with Gasteiger partial charge in [-0.2, -0.15) is 0 Å². The van der Waals surface area contributed by atoms with Crippen molar-refractivity contribution in [3.63, 3.8) is 0 Å². The minimum Gasteiger partial charge on any atom is -0.454 e. The Hall–Kier alpha value is -2.49. The molecule has 0 N–H and O–H groups in total. The first kappa shape index (κ1) is 16.0. The average Bonchev–Trinajstić information content (AvgIpc) is 3.15. The lowest BCUT2D eigenvalue weighted by Gasteiger charge is -2.34. The van der Waals surface area contributed by atoms with Crippen molar-refractivity contribution in [3.05, 3.63) is 59.7 Å². The van der Waals surface area contributed by atoms with Gasteiger partial charge < -0.3 is 14.4 Å². The fourth-order valence-electron chi connectivity index (χ4n) is 3.76. The third-order valence-corrected chi connectivity index (χ3v) is 5.34. The molecule has 0 aliphatic carbocycles. The number of hydrogen-bond donors (Lipinski definition) is 0. The van der Waals surface area contributed by atoms with E-state index in [-0.39, 0.29) is 11.8 Å². The van der Waals surface area contributed by atoms with Gasteiger partial charge in [-0.3, -0.25) is 4.79 Å². The average molecular weight is 337 g/mol. The number of rotatable bonds is 3. The van der Waals surface area contributed by atoms with Crippen molar-refractivity contribution in [1.29, 1.82) is 0 Å². The number of piperidine rings is 1. The third-order valence-electron chi connectivity index (χ3n) is 5.34. The Morgan fingerprint density at radius 1 is 1.04 bits per heavy atom. The highest BCUT2D eigenvalue weighted by molar-refractivity contribution is 5.83. The van der Waals surface area contributed by atoms with E-state index in [1.54, 1.807) is 0 Å². The zero-order valence-electron chi connectivity index (χ0n) is 14.5. The van der Waals surface area contributed by atoms with Crippen molar-refractivity contribution >= 4 is 5.91 Å². The molecule has 130 valence electrons. The maximum Gasteiger partial charge on any atom is 0.231 e. The van der Waals surface area contributed by atoms with E-state index >= 15 is 0 Å². The van der Waals surface area contributed by atoms with Crippen LogP contribution in [0.2, 0.25) is 0 Å². The first-order valence-electron chi connectivity index (χ1n) is 8.95. The van der Waals surface area contributed by atoms with Crippen molar-refractivity contribution in [2.24, 2.45) is 0 Å². The standard InChI is InChI=1S/C21H23NO3/c1-15(16-5-3-2-4-6-16)21(23)22-11-9-17(10-12-22)18-7-8-19-20(13-18)25-14-24-19/h2-8,13,15,17H,9-12,14H2,1H3. The highest BCUT2D eigenvalue weighted by Gasteiger charge is 2.28. The summed E-state index contributed by atoms with van der Waals surface area (Å²) in [5.41, 5.74) is 2.37. The number of nitrogens with zero attached hydrogens (tertiary/aromatic N) is 1. The summed E-state index contributed by atoms with van der Waals surface area (Å²) in [4.78, 5) is 14.8. The monoisotopic (exact) mass is 337 g/mol. The molecule has 0 saturated carbocycles. The lowest BCUT2D eigenvalue weighted by molar-refractivity contribution is -0.133. The number of likely N-dealkylation sites (tertiary alicyclic amines) is 1. The second-order valence-corrected chi connectivity index (χ2v) is 6.84. The summed E-state index contributed by atoms with van der Waals surface area (Å²) in [6.07, 6.45) is 1.99. The molecule has 0 radical (unpaired) electrons. The summed E-state index contributed by atoms with van der Waals surface area (Å²) in [7, 11) is 0. The first-order chi connectivity index (χ1) is 12.2. The molecule has 2 aromatic carbocycles. The normalized spacial score (nSPS) is 18.2. The summed E-state index contributed by atoms with van der Waals surface area (Å²) in [5.74, 6) is 2.30. The molecule has 4 rings (SSSR count). The molecular formula is C21H23NO3. The molecule has 1 unspecified atom stereocenters. The number of carbonyl (C=O) groups is 1. The highest BCUT2D eigenvalue weighted by Crippen LogP contribution is 2.37. The Morgan fingerprint density at radius 3 is 2.52 bits per heavy atom. The summed E-state index contributed by atoms with van der Waals surface area (Å²) >= 11 is 0. The van der Waals surface area contributed by atoms with Crippen LogP contribution in [0.3, 0.4) is 0 Å². The first-order valence-corrected chi connectivity index (χ1v) is 8.95. The maximum atomic E-state index is 12.8. The lowest BCUT2D eigenvalue weighted by Crippen LogP contribution is -2.40. The van der Waals surface area contributed by atoms with Gasteiger partial charge in [0.25, 0.3) is 0 Å². The Labute approximate surface area is 148 Å². The van der Waals surface area contributed by atoms with Crippen molar-refractivity contribution in [2.45, 2.75) is 31.6 Å². The SMILES string of the molecule is CC(C(=O)N1CCC(c2ccc3c(c2)OCO3)CC1)c1ccccc1. The number of hydrogen-bond acceptors (Lipinski definition) is 3. The summed E-state index contributed by atoms with van der Waals surface area (Å²) in [5, 5.41) is 0. The van der Waals surface area contributed by atoms with Crippen LogP contribution in [0, 0.1) is 0 Å². The van der Waals surface area contributed by atoms with Crippen LogP contribution in [-0.4, -0.2) is 30.7 Å². The van der Waals surface area contributed by atoms with E-state index in [9.17, 15) is 4.79 Å². The molecule has 0 bridgehead atoms. The molecule has 2 aliphatic rings. The third kappa shape index (κ3) is 3.21. The lowest BCUT2D eigenvalue weighted by atomic mass is 9.88. The van der Waals surface area contributed by atoms with Crippen molar-refractivity contribution in [3.8, 4) is 11.5 Å². The molecule has 4 nitrogen and oxygen atoms in total. The van der Waals surface area contributed by atoms with Gasteiger partial charge in [-0.15, -0.1) is 0 Å². The van der Waals surface area contributed by atoms with E-state index in [4.69, 9.17) is 9.47 Å². The molecule has 0 spiro atoms. The van der Waals surface area contributed by atoms with Crippen LogP contribution in [0.4, 0.5) is 0 Å². The minimum atomic E-state index is -0.0803. The van der Waals surface area contributed by atoms with Gasteiger partial charge in [0.2, 0.25) is 12.7 Å². The van der Waals surface area contributed by atoms with E-state index in [2.05, 4.69) is 12.1 Å². The molecule has 4 heteroatoms. The number of ether oxygens (including phenoxy) is 2. The molecule has 1 fully saturated rings. The Bertz CT molecular complexity index is 751. The van der Waals surface area contributed by atoms with Crippen molar-refractivity contribution in [1.82, 2.24) is 4.90 Å². The quantitative estimate of drug-likeness (QED) is 0.852. The van der Waals surface area contributed by atoms with Gasteiger partial charge in [-0.05, 0) is 48.9 Å². The second-order valence-electron chi connectivity index (χ2n) is 6.84. The van der Waals surface area contributed by atoms with E-state index < -0.39 is 0 Å². The molecule has 1 saturated heterocycles. The zero-order chi connectivity index (χ0) is 17.2. The predicted octanol–water partition coefficient (Wildman–Crippen LogP) is 3.93. The Balaban J connectivity index is 1.39. The van der Waals surface area contributed by atoms with Gasteiger partial charge in [0, 0.05) is 13.1 Å². The Morgan fingerprint density at radius 2 is 1.76 bits per heavy atom. The van der Waals surface area contributed by atoms with Gasteiger partial charge in [0.15, 0.2) is 11.5 Å². The molecule has 1 amide bonds. The second kappa shape index (κ2) is 6.79. The van der Waals surface area contributed by atoms with Crippen molar-refractivity contribution in [2.75, 3.05) is 19.9 Å². The smallest absolute Gasteiger partial charge is 0.231 e. The van der Waals surface area contributed by atoms with E-state index in [0.29, 0.717) is 12.7 Å². The summed E-state index contributed by atoms with van der Waals surface area (Å²) in [6.45, 7) is 3.94. The zero-order valence-corrected chi connectivity index (χ0v) is 14.5. The number of carbonyl (C=O) groups excluding carboxylic acids is 1. The topological polar surface area (TPSA) is 38.8 Å². The van der Waals surface area contributed by atoms with Crippen LogP contribution in [0.1, 0.15) is 42.7 Å². The number of fused-ring (bicyclic) bond motifs is 1. The molecular weight excluding hydrogens is 314 g/mol. The fraction of sp³-hybridized carbons (Fsp3) is 0.381. The molecule has 2 aliphatic heterocycles. The summed E-state index contributed by atoms with van der Waals surface area (Å²) in [6, 6.07) is 16.2. The van der Waals surface area contributed by atoms with Gasteiger partial charge in [-0.1, -0.05) is 36.4 Å². The predicted molar refractivity (Wildman–Crippen MR) is 96.0 cm³/mol. The van der Waals surface area contributed by atoms with Gasteiger partial charge in [0.1, 0.15) is 0 Å². The van der Waals surface area contributed by atoms with Gasteiger partial charge in [-0.25, -0.2) is 0 Å². The molecule has 2 aromatic rings. The van der Waals surface area contributed by atoms with Gasteiger partial charge >= 0.3 is 0 Å². The minimum absolute atomic E-state index is 0.0803. The van der Waals surface area contributed by atoms with Crippen LogP contribution < -0.4 is 9.47 Å². The fourth-order valence-corrected chi connectivity index (χ4v) is 3.76. The number of benzene rings is 2. The van der Waals surface area contributed by atoms with E-state index in [0.717, 1.165) is 43.0 Å². The van der Waals surface area contributed by atoms with Crippen molar-refractivity contribution < 1.29 is 14.3 Å². The Kier molecular flexibility index (Phi) is 4.35. The molecule has 2 heterocycles. The molecule has 1 atom stereocenters. The van der Waals surface area contributed by atoms with Gasteiger partial charge in [0.05, 0.1) is 5.92 Å². The van der Waals surface area contributed by atoms with Crippen LogP contribution in [0.5, 0.6) is 11.5 Å². The van der Waals surface area contributed by atoms with Crippen LogP contribution in [0.15, 0.2) is 48.5 Å². The molecule has 0 aromatic heterocycles. The van der Waals surface area contributed by atoms with Crippen LogP contribution in [-0.2, 0) is 4.79 Å².